The molecule has 0 spiro atoms. The number of aryl methyl sites for hydroxylation is 1. The van der Waals surface area contributed by atoms with Crippen LogP contribution in [0.5, 0.6) is 0 Å². The maximum Gasteiger partial charge on any atom is 0.0406 e. The van der Waals surface area contributed by atoms with Gasteiger partial charge in [-0.15, -0.1) is 0 Å². The molecule has 0 fully saturated rings. The van der Waals surface area contributed by atoms with Crippen LogP contribution in [0.25, 0.3) is 33.0 Å². The summed E-state index contributed by atoms with van der Waals surface area (Å²) < 4.78 is 0. The van der Waals surface area contributed by atoms with Crippen molar-refractivity contribution in [2.45, 2.75) is 13.3 Å². The van der Waals surface area contributed by atoms with Crippen LogP contribution in [0.15, 0.2) is 84.9 Å². The van der Waals surface area contributed by atoms with Crippen molar-refractivity contribution in [3.8, 4) is 22.3 Å². The Morgan fingerprint density at radius 1 is 0.640 bits per heavy atom. The second-order valence-electron chi connectivity index (χ2n) is 6.25. The average Bonchev–Trinajstić information content (AvgIpc) is 2.68. The van der Waals surface area contributed by atoms with E-state index < -0.39 is 0 Å². The number of hydrogen-bond donors (Lipinski definition) is 0. The van der Waals surface area contributed by atoms with Crippen LogP contribution in [0.3, 0.4) is 0 Å². The van der Waals surface area contributed by atoms with Crippen LogP contribution in [0.4, 0.5) is 0 Å². The monoisotopic (exact) mass is 342 g/mol. The molecule has 4 aromatic rings. The van der Waals surface area contributed by atoms with Gasteiger partial charge in [0.2, 0.25) is 0 Å². The highest BCUT2D eigenvalue weighted by Gasteiger charge is 2.08. The predicted octanol–water partition coefficient (Wildman–Crippen LogP) is 7.39. The number of fused-ring (bicyclic) bond motifs is 1. The van der Waals surface area contributed by atoms with Crippen LogP contribution in [0.1, 0.15) is 12.5 Å². The summed E-state index contributed by atoms with van der Waals surface area (Å²) in [7, 11) is 0. The molecule has 25 heavy (non-hydrogen) atoms. The summed E-state index contributed by atoms with van der Waals surface area (Å²) in [5, 5.41) is 3.43. The molecule has 0 unspecified atom stereocenters. The first-order valence-electron chi connectivity index (χ1n) is 8.63. The van der Waals surface area contributed by atoms with Crippen molar-refractivity contribution >= 4 is 22.4 Å². The van der Waals surface area contributed by atoms with Crippen molar-refractivity contribution in [1.82, 2.24) is 0 Å². The molecule has 0 saturated heterocycles. The van der Waals surface area contributed by atoms with Crippen molar-refractivity contribution in [2.75, 3.05) is 0 Å². The fraction of sp³-hybridized carbons (Fsp3) is 0.0833. The van der Waals surface area contributed by atoms with E-state index in [0.29, 0.717) is 0 Å². The van der Waals surface area contributed by atoms with Gasteiger partial charge in [0.05, 0.1) is 0 Å². The van der Waals surface area contributed by atoms with Gasteiger partial charge in [-0.3, -0.25) is 0 Å². The lowest BCUT2D eigenvalue weighted by molar-refractivity contribution is 1.16. The highest BCUT2D eigenvalue weighted by Crippen LogP contribution is 2.32. The fourth-order valence-corrected chi connectivity index (χ4v) is 3.60. The molecule has 0 aliphatic carbocycles. The van der Waals surface area contributed by atoms with Gasteiger partial charge in [0.15, 0.2) is 0 Å². The first-order valence-corrected chi connectivity index (χ1v) is 9.01. The van der Waals surface area contributed by atoms with E-state index in [-0.39, 0.29) is 0 Å². The van der Waals surface area contributed by atoms with Gasteiger partial charge in [0.25, 0.3) is 0 Å². The maximum absolute atomic E-state index is 5.99. The molecule has 0 atom stereocenters. The minimum absolute atomic E-state index is 0.768. The summed E-state index contributed by atoms with van der Waals surface area (Å²) >= 11 is 5.99. The molecule has 0 radical (unpaired) electrons. The third-order valence-corrected chi connectivity index (χ3v) is 5.02. The second kappa shape index (κ2) is 6.74. The first kappa shape index (κ1) is 15.9. The summed E-state index contributed by atoms with van der Waals surface area (Å²) in [4.78, 5) is 0. The van der Waals surface area contributed by atoms with Crippen LogP contribution < -0.4 is 0 Å². The largest absolute Gasteiger partial charge is 0.0843 e. The van der Waals surface area contributed by atoms with Crippen molar-refractivity contribution < 1.29 is 0 Å². The van der Waals surface area contributed by atoms with E-state index in [1.54, 1.807) is 0 Å². The van der Waals surface area contributed by atoms with E-state index in [0.717, 1.165) is 11.4 Å². The number of hydrogen-bond acceptors (Lipinski definition) is 0. The quantitative estimate of drug-likeness (QED) is 0.364. The third-order valence-electron chi connectivity index (χ3n) is 4.77. The number of halogens is 1. The van der Waals surface area contributed by atoms with Crippen molar-refractivity contribution in [2.24, 2.45) is 0 Å². The molecule has 0 bridgehead atoms. The normalized spacial score (nSPS) is 11.0. The summed E-state index contributed by atoms with van der Waals surface area (Å²) in [6.45, 7) is 2.23. The topological polar surface area (TPSA) is 0 Å². The van der Waals surface area contributed by atoms with Gasteiger partial charge < -0.3 is 0 Å². The molecule has 0 nitrogen and oxygen atoms in total. The summed E-state index contributed by atoms with van der Waals surface area (Å²) in [5.41, 5.74) is 6.39. The minimum atomic E-state index is 0.768. The van der Waals surface area contributed by atoms with Crippen molar-refractivity contribution in [1.29, 1.82) is 0 Å². The predicted molar refractivity (Wildman–Crippen MR) is 109 cm³/mol. The van der Waals surface area contributed by atoms with Gasteiger partial charge >= 0.3 is 0 Å². The maximum atomic E-state index is 5.99. The molecule has 0 amide bonds. The molecule has 122 valence electrons. The Morgan fingerprint density at radius 3 is 1.92 bits per heavy atom. The molecule has 0 saturated carbocycles. The summed E-state index contributed by atoms with van der Waals surface area (Å²) in [5.74, 6) is 0. The standard InChI is InChI=1S/C24H19Cl/c1-2-22-23-6-4-3-5-19(23)13-16-24(22)20-9-7-17(8-10-20)18-11-14-21(25)15-12-18/h3-16H,2H2,1H3. The van der Waals surface area contributed by atoms with E-state index in [9.17, 15) is 0 Å². The molecule has 4 rings (SSSR count). The van der Waals surface area contributed by atoms with Crippen molar-refractivity contribution in [3.05, 3.63) is 95.5 Å². The Morgan fingerprint density at radius 2 is 1.24 bits per heavy atom. The molecule has 0 aliphatic heterocycles. The molecular formula is C24H19Cl. The minimum Gasteiger partial charge on any atom is -0.0843 e. The first-order chi connectivity index (χ1) is 12.3. The Balaban J connectivity index is 1.77. The SMILES string of the molecule is CCc1c(-c2ccc(-c3ccc(Cl)cc3)cc2)ccc2ccccc12. The van der Waals surface area contributed by atoms with Crippen LogP contribution in [-0.4, -0.2) is 0 Å². The van der Waals surface area contributed by atoms with Gasteiger partial charge in [-0.05, 0) is 57.1 Å². The van der Waals surface area contributed by atoms with Gasteiger partial charge in [0, 0.05) is 5.02 Å². The number of rotatable bonds is 3. The van der Waals surface area contributed by atoms with E-state index in [1.807, 2.05) is 12.1 Å². The van der Waals surface area contributed by atoms with E-state index in [4.69, 9.17) is 11.6 Å². The zero-order valence-electron chi connectivity index (χ0n) is 14.2. The molecule has 0 aliphatic rings. The smallest absolute Gasteiger partial charge is 0.0406 e. The molecule has 0 N–H and O–H groups in total. The second-order valence-corrected chi connectivity index (χ2v) is 6.69. The van der Waals surface area contributed by atoms with Gasteiger partial charge in [-0.1, -0.05) is 91.3 Å². The Hall–Kier alpha value is -2.57. The molecular weight excluding hydrogens is 324 g/mol. The Labute approximate surface area is 153 Å². The zero-order chi connectivity index (χ0) is 17.2. The van der Waals surface area contributed by atoms with Gasteiger partial charge in [-0.2, -0.15) is 0 Å². The van der Waals surface area contributed by atoms with Gasteiger partial charge in [-0.25, -0.2) is 0 Å². The van der Waals surface area contributed by atoms with Crippen LogP contribution >= 0.6 is 11.6 Å². The zero-order valence-corrected chi connectivity index (χ0v) is 14.9. The third kappa shape index (κ3) is 3.06. The molecule has 0 heterocycles. The van der Waals surface area contributed by atoms with E-state index in [2.05, 4.69) is 79.7 Å². The summed E-state index contributed by atoms with van der Waals surface area (Å²) in [6, 6.07) is 29.9. The lowest BCUT2D eigenvalue weighted by atomic mass is 9.92. The number of benzene rings is 4. The average molecular weight is 343 g/mol. The highest BCUT2D eigenvalue weighted by atomic mass is 35.5. The van der Waals surface area contributed by atoms with Gasteiger partial charge in [0.1, 0.15) is 0 Å². The Bertz CT molecular complexity index is 1010. The fourth-order valence-electron chi connectivity index (χ4n) is 3.47. The summed E-state index contributed by atoms with van der Waals surface area (Å²) in [6.07, 6.45) is 1.02. The molecule has 1 heteroatoms. The lowest BCUT2D eigenvalue weighted by Crippen LogP contribution is -1.90. The van der Waals surface area contributed by atoms with E-state index >= 15 is 0 Å². The lowest BCUT2D eigenvalue weighted by Gasteiger charge is -2.13. The van der Waals surface area contributed by atoms with Crippen LogP contribution in [0.2, 0.25) is 5.02 Å². The molecule has 4 aromatic carbocycles. The van der Waals surface area contributed by atoms with Crippen molar-refractivity contribution in [3.63, 3.8) is 0 Å². The van der Waals surface area contributed by atoms with Crippen LogP contribution in [0, 0.1) is 0 Å². The van der Waals surface area contributed by atoms with E-state index in [1.165, 1.54) is 38.6 Å². The van der Waals surface area contributed by atoms with Crippen LogP contribution in [-0.2, 0) is 6.42 Å². The Kier molecular flexibility index (Phi) is 4.29. The molecule has 0 aromatic heterocycles. The highest BCUT2D eigenvalue weighted by molar-refractivity contribution is 6.30.